The summed E-state index contributed by atoms with van der Waals surface area (Å²) in [7, 11) is 0. The highest BCUT2D eigenvalue weighted by Crippen LogP contribution is 2.24. The molecule has 0 atom stereocenters. The Bertz CT molecular complexity index is 413. The Balaban J connectivity index is 2.61. The van der Waals surface area contributed by atoms with Crippen LogP contribution in [0.2, 0.25) is 0 Å². The van der Waals surface area contributed by atoms with E-state index in [9.17, 15) is 0 Å². The van der Waals surface area contributed by atoms with Crippen molar-refractivity contribution < 1.29 is 0 Å². The van der Waals surface area contributed by atoms with Gasteiger partial charge in [-0.1, -0.05) is 50.1 Å². The van der Waals surface area contributed by atoms with E-state index in [1.165, 1.54) is 16.8 Å². The summed E-state index contributed by atoms with van der Waals surface area (Å²) >= 11 is 7.06. The summed E-state index contributed by atoms with van der Waals surface area (Å²) in [4.78, 5) is 0. The smallest absolute Gasteiger partial charge is 0.0530 e. The van der Waals surface area contributed by atoms with Crippen LogP contribution in [0.4, 0.5) is 0 Å². The molecule has 1 nitrogen and oxygen atoms in total. The summed E-state index contributed by atoms with van der Waals surface area (Å²) in [5.74, 6) is 0. The van der Waals surface area contributed by atoms with E-state index in [-0.39, 0.29) is 0 Å². The molecule has 0 spiro atoms. The van der Waals surface area contributed by atoms with E-state index in [0.29, 0.717) is 0 Å². The van der Waals surface area contributed by atoms with Gasteiger partial charge in [-0.3, -0.25) is 0 Å². The van der Waals surface area contributed by atoms with Crippen LogP contribution in [0.5, 0.6) is 0 Å². The van der Waals surface area contributed by atoms with Crippen molar-refractivity contribution in [3.63, 3.8) is 0 Å². The lowest BCUT2D eigenvalue weighted by atomic mass is 10.1. The average molecular weight is 329 g/mol. The lowest BCUT2D eigenvalue weighted by Crippen LogP contribution is -1.99. The second-order valence-electron chi connectivity index (χ2n) is 3.28. The Morgan fingerprint density at radius 2 is 1.40 bits per heavy atom. The molecule has 0 saturated heterocycles. The summed E-state index contributed by atoms with van der Waals surface area (Å²) in [6, 6.07) is 10.5. The molecule has 0 N–H and O–H groups in total. The van der Waals surface area contributed by atoms with Crippen molar-refractivity contribution in [3.05, 3.63) is 53.9 Å². The van der Waals surface area contributed by atoms with Crippen molar-refractivity contribution in [2.45, 2.75) is 10.7 Å². The van der Waals surface area contributed by atoms with Gasteiger partial charge in [0.2, 0.25) is 0 Å². The molecule has 0 unspecified atom stereocenters. The normalized spacial score (nSPS) is 10.5. The van der Waals surface area contributed by atoms with E-state index in [0.717, 1.165) is 10.7 Å². The maximum absolute atomic E-state index is 3.53. The summed E-state index contributed by atoms with van der Waals surface area (Å²) in [6.45, 7) is 0. The van der Waals surface area contributed by atoms with Gasteiger partial charge in [-0.25, -0.2) is 0 Å². The number of nitrogens with zero attached hydrogens (tertiary/aromatic N) is 1. The summed E-state index contributed by atoms with van der Waals surface area (Å²) < 4.78 is 2.16. The van der Waals surface area contributed by atoms with Gasteiger partial charge in [0.15, 0.2) is 0 Å². The predicted molar refractivity (Wildman–Crippen MR) is 71.0 cm³/mol. The van der Waals surface area contributed by atoms with Crippen molar-refractivity contribution in [3.8, 4) is 5.69 Å². The van der Waals surface area contributed by atoms with Crippen LogP contribution < -0.4 is 0 Å². The van der Waals surface area contributed by atoms with Gasteiger partial charge >= 0.3 is 0 Å². The molecule has 0 saturated carbocycles. The maximum atomic E-state index is 3.53. The molecular formula is C12H11Br2N. The van der Waals surface area contributed by atoms with Crippen LogP contribution in [-0.2, 0) is 10.7 Å². The first-order chi connectivity index (χ1) is 7.36. The van der Waals surface area contributed by atoms with Crippen LogP contribution in [0, 0.1) is 0 Å². The Kier molecular flexibility index (Phi) is 3.65. The number of hydrogen-bond donors (Lipinski definition) is 0. The van der Waals surface area contributed by atoms with Crippen LogP contribution in [0.3, 0.4) is 0 Å². The van der Waals surface area contributed by atoms with E-state index in [2.05, 4.69) is 67.0 Å². The van der Waals surface area contributed by atoms with Crippen LogP contribution >= 0.6 is 31.9 Å². The molecule has 15 heavy (non-hydrogen) atoms. The number of para-hydroxylation sites is 1. The Labute approximate surface area is 106 Å². The van der Waals surface area contributed by atoms with Gasteiger partial charge in [-0.2, -0.15) is 0 Å². The zero-order chi connectivity index (χ0) is 10.7. The molecule has 2 rings (SSSR count). The van der Waals surface area contributed by atoms with Crippen LogP contribution in [0.1, 0.15) is 11.1 Å². The lowest BCUT2D eigenvalue weighted by molar-refractivity contribution is 1.04. The van der Waals surface area contributed by atoms with Gasteiger partial charge < -0.3 is 4.57 Å². The quantitative estimate of drug-likeness (QED) is 0.742. The largest absolute Gasteiger partial charge is 0.323 e. The van der Waals surface area contributed by atoms with Crippen LogP contribution in [0.15, 0.2) is 42.7 Å². The van der Waals surface area contributed by atoms with E-state index in [1.807, 2.05) is 12.1 Å². The first kappa shape index (κ1) is 11.0. The fourth-order valence-electron chi connectivity index (χ4n) is 1.68. The SMILES string of the molecule is BrCc1cccc(CBr)c1-n1cccc1. The van der Waals surface area contributed by atoms with E-state index in [4.69, 9.17) is 0 Å². The molecule has 1 aromatic carbocycles. The number of aromatic nitrogens is 1. The molecule has 2 aromatic rings. The third-order valence-electron chi connectivity index (χ3n) is 2.35. The lowest BCUT2D eigenvalue weighted by Gasteiger charge is -2.13. The molecule has 0 amide bonds. The van der Waals surface area contributed by atoms with Crippen LogP contribution in [0.25, 0.3) is 5.69 Å². The number of alkyl halides is 2. The zero-order valence-electron chi connectivity index (χ0n) is 8.16. The average Bonchev–Trinajstić information content (AvgIpc) is 2.81. The molecule has 0 bridgehead atoms. The van der Waals surface area contributed by atoms with Gasteiger partial charge in [-0.05, 0) is 23.3 Å². The van der Waals surface area contributed by atoms with Crippen molar-refractivity contribution in [2.24, 2.45) is 0 Å². The highest BCUT2D eigenvalue weighted by atomic mass is 79.9. The molecule has 0 aliphatic carbocycles. The number of benzene rings is 1. The minimum absolute atomic E-state index is 0.876. The van der Waals surface area contributed by atoms with Gasteiger partial charge in [0.25, 0.3) is 0 Å². The predicted octanol–water partition coefficient (Wildman–Crippen LogP) is 4.27. The molecule has 0 aliphatic rings. The Morgan fingerprint density at radius 1 is 0.867 bits per heavy atom. The second-order valence-corrected chi connectivity index (χ2v) is 4.40. The fraction of sp³-hybridized carbons (Fsp3) is 0.167. The molecule has 0 radical (unpaired) electrons. The third-order valence-corrected chi connectivity index (χ3v) is 3.56. The van der Waals surface area contributed by atoms with Crippen molar-refractivity contribution >= 4 is 31.9 Å². The van der Waals surface area contributed by atoms with E-state index < -0.39 is 0 Å². The molecule has 1 heterocycles. The van der Waals surface area contributed by atoms with E-state index in [1.54, 1.807) is 0 Å². The van der Waals surface area contributed by atoms with Crippen molar-refractivity contribution in [1.82, 2.24) is 4.57 Å². The van der Waals surface area contributed by atoms with Crippen molar-refractivity contribution in [1.29, 1.82) is 0 Å². The first-order valence-corrected chi connectivity index (χ1v) is 6.97. The molecule has 78 valence electrons. The van der Waals surface area contributed by atoms with Gasteiger partial charge in [-0.15, -0.1) is 0 Å². The number of rotatable bonds is 3. The van der Waals surface area contributed by atoms with Gasteiger partial charge in [0, 0.05) is 23.1 Å². The number of halogens is 2. The standard InChI is InChI=1S/C12H11Br2N/c13-8-10-4-3-5-11(9-14)12(10)15-6-1-2-7-15/h1-7H,8-9H2. The van der Waals surface area contributed by atoms with Crippen molar-refractivity contribution in [2.75, 3.05) is 0 Å². The molecular weight excluding hydrogens is 318 g/mol. The second kappa shape index (κ2) is 4.99. The van der Waals surface area contributed by atoms with Gasteiger partial charge in [0.05, 0.1) is 5.69 Å². The number of hydrogen-bond acceptors (Lipinski definition) is 0. The monoisotopic (exact) mass is 327 g/mol. The molecule has 0 aliphatic heterocycles. The molecule has 0 fully saturated rings. The Morgan fingerprint density at radius 3 is 1.87 bits per heavy atom. The summed E-state index contributed by atoms with van der Waals surface area (Å²) in [5.41, 5.74) is 3.89. The molecule has 3 heteroatoms. The van der Waals surface area contributed by atoms with Crippen LogP contribution in [-0.4, -0.2) is 4.57 Å². The topological polar surface area (TPSA) is 4.93 Å². The minimum atomic E-state index is 0.876. The summed E-state index contributed by atoms with van der Waals surface area (Å²) in [6.07, 6.45) is 4.15. The van der Waals surface area contributed by atoms with E-state index >= 15 is 0 Å². The minimum Gasteiger partial charge on any atom is -0.323 e. The molecule has 1 aromatic heterocycles. The highest BCUT2D eigenvalue weighted by molar-refractivity contribution is 9.08. The summed E-state index contributed by atoms with van der Waals surface area (Å²) in [5, 5.41) is 1.75. The first-order valence-electron chi connectivity index (χ1n) is 4.73. The van der Waals surface area contributed by atoms with Gasteiger partial charge in [0.1, 0.15) is 0 Å². The fourth-order valence-corrected chi connectivity index (χ4v) is 2.58. The highest BCUT2D eigenvalue weighted by Gasteiger charge is 2.07. The third kappa shape index (κ3) is 2.18. The Hall–Kier alpha value is -0.540. The maximum Gasteiger partial charge on any atom is 0.0530 e. The zero-order valence-corrected chi connectivity index (χ0v) is 11.3.